The highest BCUT2D eigenvalue weighted by Gasteiger charge is 2.29. The fourth-order valence-corrected chi connectivity index (χ4v) is 1.11. The van der Waals surface area contributed by atoms with Gasteiger partial charge in [-0.3, -0.25) is 4.79 Å². The topological polar surface area (TPSA) is 54.0 Å². The number of hydrogen-bond acceptors (Lipinski definition) is 5. The zero-order valence-corrected chi connectivity index (χ0v) is 12.2. The average Bonchev–Trinajstić information content (AvgIpc) is 2.29. The zero-order valence-electron chi connectivity index (χ0n) is 11.2. The van der Waals surface area contributed by atoms with E-state index < -0.39 is 8.80 Å². The van der Waals surface area contributed by atoms with Gasteiger partial charge in [0.15, 0.2) is 0 Å². The number of unbranched alkanes of at least 4 members (excludes halogenated alkanes) is 1. The third kappa shape index (κ3) is 11.6. The lowest BCUT2D eigenvalue weighted by Gasteiger charge is -2.18. The molecular formula is C10H24O5Si. The molecule has 0 aliphatic heterocycles. The fraction of sp³-hybridized carbons (Fsp3) is 0.900. The second kappa shape index (κ2) is 11.1. The first-order valence-corrected chi connectivity index (χ1v) is 7.47. The van der Waals surface area contributed by atoms with Crippen LogP contribution in [0.15, 0.2) is 0 Å². The van der Waals surface area contributed by atoms with E-state index in [1.165, 1.54) is 6.92 Å². The smallest absolute Gasteiger partial charge is 0.466 e. The highest BCUT2D eigenvalue weighted by molar-refractivity contribution is 6.58. The monoisotopic (exact) mass is 252 g/mol. The summed E-state index contributed by atoms with van der Waals surface area (Å²) in [5.41, 5.74) is 0. The molecule has 0 unspecified atom stereocenters. The molecule has 0 aromatic rings. The predicted octanol–water partition coefficient (Wildman–Crippen LogP) is 1.84. The number of rotatable bonds is 6. The summed E-state index contributed by atoms with van der Waals surface area (Å²) < 4.78 is 19.4. The lowest BCUT2D eigenvalue weighted by Crippen LogP contribution is -2.38. The maximum absolute atomic E-state index is 10.1. The number of carbonyl (C=O) groups is 1. The van der Waals surface area contributed by atoms with Crippen LogP contribution in [-0.2, 0) is 22.8 Å². The largest absolute Gasteiger partial charge is 0.496 e. The van der Waals surface area contributed by atoms with Gasteiger partial charge < -0.3 is 18.0 Å². The summed E-state index contributed by atoms with van der Waals surface area (Å²) in [6.45, 7) is 5.89. The molecule has 0 heterocycles. The summed E-state index contributed by atoms with van der Waals surface area (Å²) in [5, 5.41) is 0. The summed E-state index contributed by atoms with van der Waals surface area (Å²) in [6, 6.07) is 0. The minimum absolute atomic E-state index is 0.182. The van der Waals surface area contributed by atoms with Crippen molar-refractivity contribution in [2.75, 3.05) is 27.9 Å². The molecule has 5 nitrogen and oxygen atoms in total. The van der Waals surface area contributed by atoms with Crippen molar-refractivity contribution >= 4 is 14.8 Å². The van der Waals surface area contributed by atoms with Gasteiger partial charge in [-0.15, -0.1) is 0 Å². The van der Waals surface area contributed by atoms with E-state index in [-0.39, 0.29) is 5.97 Å². The Morgan fingerprint density at radius 1 is 1.12 bits per heavy atom. The molecule has 0 rings (SSSR count). The lowest BCUT2D eigenvalue weighted by molar-refractivity contribution is -0.141. The summed E-state index contributed by atoms with van der Waals surface area (Å²) in [4.78, 5) is 10.1. The standard InChI is InChI=1S/C6H12O2.C4H12O3Si/c1-3-4-5-8-6(2)7;1-5-8(4,6-2)7-3/h3-5H2,1-2H3;1-4H3. The van der Waals surface area contributed by atoms with E-state index in [0.29, 0.717) is 6.61 Å². The number of hydrogen-bond donors (Lipinski definition) is 0. The van der Waals surface area contributed by atoms with Gasteiger partial charge in [-0.2, -0.15) is 0 Å². The Labute approximate surface area is 99.4 Å². The van der Waals surface area contributed by atoms with Crippen LogP contribution >= 0.6 is 0 Å². The van der Waals surface area contributed by atoms with Gasteiger partial charge in [0.1, 0.15) is 0 Å². The minimum Gasteiger partial charge on any atom is -0.466 e. The molecule has 0 aromatic carbocycles. The molecule has 0 radical (unpaired) electrons. The quantitative estimate of drug-likeness (QED) is 0.410. The van der Waals surface area contributed by atoms with Crippen LogP contribution in [0.5, 0.6) is 0 Å². The summed E-state index contributed by atoms with van der Waals surface area (Å²) in [5.74, 6) is -0.182. The van der Waals surface area contributed by atoms with Gasteiger partial charge in [-0.05, 0) is 6.42 Å². The molecule has 0 aliphatic carbocycles. The number of carbonyl (C=O) groups excluding carboxylic acids is 1. The van der Waals surface area contributed by atoms with Crippen molar-refractivity contribution in [1.82, 2.24) is 0 Å². The van der Waals surface area contributed by atoms with Crippen LogP contribution in [0.2, 0.25) is 6.55 Å². The van der Waals surface area contributed by atoms with E-state index in [4.69, 9.17) is 13.3 Å². The third-order valence-corrected chi connectivity index (χ3v) is 4.14. The Morgan fingerprint density at radius 2 is 1.56 bits per heavy atom. The van der Waals surface area contributed by atoms with E-state index in [9.17, 15) is 4.79 Å². The first kappa shape index (κ1) is 17.9. The Bertz CT molecular complexity index is 162. The van der Waals surface area contributed by atoms with Gasteiger partial charge in [-0.1, -0.05) is 13.3 Å². The summed E-state index contributed by atoms with van der Waals surface area (Å²) in [6.07, 6.45) is 2.05. The Morgan fingerprint density at radius 3 is 1.75 bits per heavy atom. The molecule has 0 fully saturated rings. The third-order valence-electron chi connectivity index (χ3n) is 1.92. The van der Waals surface area contributed by atoms with Crippen LogP contribution in [0.4, 0.5) is 0 Å². The molecule has 0 N–H and O–H groups in total. The van der Waals surface area contributed by atoms with Crippen LogP contribution in [-0.4, -0.2) is 42.7 Å². The van der Waals surface area contributed by atoms with E-state index in [0.717, 1.165) is 12.8 Å². The van der Waals surface area contributed by atoms with Gasteiger partial charge in [0.2, 0.25) is 0 Å². The van der Waals surface area contributed by atoms with Crippen LogP contribution < -0.4 is 0 Å². The Balaban J connectivity index is 0. The van der Waals surface area contributed by atoms with Crippen molar-refractivity contribution in [3.05, 3.63) is 0 Å². The van der Waals surface area contributed by atoms with Crippen molar-refractivity contribution in [1.29, 1.82) is 0 Å². The molecule has 16 heavy (non-hydrogen) atoms. The number of ether oxygens (including phenoxy) is 1. The highest BCUT2D eigenvalue weighted by atomic mass is 28.4. The predicted molar refractivity (Wildman–Crippen MR) is 64.2 cm³/mol. The van der Waals surface area contributed by atoms with E-state index in [1.807, 2.05) is 6.55 Å². The van der Waals surface area contributed by atoms with E-state index in [2.05, 4.69) is 11.7 Å². The SMILES string of the molecule is CCCCOC(C)=O.CO[Si](C)(OC)OC. The van der Waals surface area contributed by atoms with Gasteiger partial charge in [0.05, 0.1) is 6.61 Å². The van der Waals surface area contributed by atoms with Gasteiger partial charge >= 0.3 is 14.8 Å². The molecular weight excluding hydrogens is 228 g/mol. The lowest BCUT2D eigenvalue weighted by atomic mass is 10.4. The Kier molecular flexibility index (Phi) is 12.4. The molecule has 0 spiro atoms. The normalized spacial score (nSPS) is 10.4. The van der Waals surface area contributed by atoms with Crippen LogP contribution in [0.1, 0.15) is 26.7 Å². The highest BCUT2D eigenvalue weighted by Crippen LogP contribution is 2.02. The van der Waals surface area contributed by atoms with Crippen LogP contribution in [0, 0.1) is 0 Å². The summed E-state index contributed by atoms with van der Waals surface area (Å²) in [7, 11) is 2.58. The average molecular weight is 252 g/mol. The van der Waals surface area contributed by atoms with Crippen molar-refractivity contribution in [3.63, 3.8) is 0 Å². The van der Waals surface area contributed by atoms with Gasteiger partial charge in [-0.25, -0.2) is 0 Å². The van der Waals surface area contributed by atoms with Crippen LogP contribution in [0.25, 0.3) is 0 Å². The molecule has 6 heteroatoms. The van der Waals surface area contributed by atoms with Crippen LogP contribution in [0.3, 0.4) is 0 Å². The van der Waals surface area contributed by atoms with Crippen molar-refractivity contribution in [2.45, 2.75) is 33.2 Å². The first-order valence-electron chi connectivity index (χ1n) is 5.24. The minimum atomic E-state index is -2.17. The molecule has 0 saturated carbocycles. The second-order valence-electron chi connectivity index (χ2n) is 3.17. The second-order valence-corrected chi connectivity index (χ2v) is 6.12. The van der Waals surface area contributed by atoms with Crippen molar-refractivity contribution in [2.24, 2.45) is 0 Å². The van der Waals surface area contributed by atoms with Crippen molar-refractivity contribution < 1.29 is 22.8 Å². The maximum atomic E-state index is 10.1. The molecule has 0 saturated heterocycles. The van der Waals surface area contributed by atoms with Gasteiger partial charge in [0, 0.05) is 34.8 Å². The molecule has 0 aliphatic rings. The molecule has 0 bridgehead atoms. The molecule has 0 amide bonds. The zero-order chi connectivity index (χ0) is 13.0. The van der Waals surface area contributed by atoms with Crippen molar-refractivity contribution in [3.8, 4) is 0 Å². The van der Waals surface area contributed by atoms with E-state index in [1.54, 1.807) is 21.3 Å². The first-order chi connectivity index (χ1) is 7.45. The maximum Gasteiger partial charge on any atom is 0.496 e. The Hall–Kier alpha value is -0.433. The molecule has 0 aromatic heterocycles. The summed E-state index contributed by atoms with van der Waals surface area (Å²) >= 11 is 0. The fourth-order valence-electron chi connectivity index (χ4n) is 0.610. The van der Waals surface area contributed by atoms with Gasteiger partial charge in [0.25, 0.3) is 0 Å². The molecule has 98 valence electrons. The van der Waals surface area contributed by atoms with E-state index >= 15 is 0 Å². The number of esters is 1. The molecule has 0 atom stereocenters.